The van der Waals surface area contributed by atoms with Crippen LogP contribution in [0.4, 0.5) is 0 Å². The highest BCUT2D eigenvalue weighted by atomic mass is 16.5. The molecule has 1 saturated carbocycles. The quantitative estimate of drug-likeness (QED) is 0.619. The molecule has 0 amide bonds. The van der Waals surface area contributed by atoms with Crippen molar-refractivity contribution in [3.63, 3.8) is 0 Å². The van der Waals surface area contributed by atoms with Crippen LogP contribution in [0.25, 0.3) is 0 Å². The fourth-order valence-corrected chi connectivity index (χ4v) is 2.22. The van der Waals surface area contributed by atoms with E-state index in [2.05, 4.69) is 0 Å². The van der Waals surface area contributed by atoms with Crippen molar-refractivity contribution in [1.29, 1.82) is 0 Å². The monoisotopic (exact) mass is 155 g/mol. The fraction of sp³-hybridized carbons (Fsp3) is 1.00. The molecule has 1 saturated heterocycles. The SMILES string of the molecule is NCC1CCC2(CCO2)CC1. The van der Waals surface area contributed by atoms with Gasteiger partial charge in [0.1, 0.15) is 0 Å². The fourth-order valence-electron chi connectivity index (χ4n) is 2.22. The van der Waals surface area contributed by atoms with Gasteiger partial charge in [0.05, 0.1) is 12.2 Å². The number of ether oxygens (including phenoxy) is 1. The van der Waals surface area contributed by atoms with E-state index >= 15 is 0 Å². The van der Waals surface area contributed by atoms with Gasteiger partial charge < -0.3 is 10.5 Å². The van der Waals surface area contributed by atoms with Crippen molar-refractivity contribution in [2.24, 2.45) is 11.7 Å². The lowest BCUT2D eigenvalue weighted by atomic mass is 9.75. The first-order valence-electron chi connectivity index (χ1n) is 4.69. The minimum atomic E-state index is 0.325. The molecule has 0 bridgehead atoms. The summed E-state index contributed by atoms with van der Waals surface area (Å²) in [5.41, 5.74) is 5.94. The van der Waals surface area contributed by atoms with E-state index in [1.54, 1.807) is 0 Å². The second-order valence-electron chi connectivity index (χ2n) is 3.96. The van der Waals surface area contributed by atoms with Crippen LogP contribution in [0.5, 0.6) is 0 Å². The Morgan fingerprint density at radius 1 is 1.27 bits per heavy atom. The van der Waals surface area contributed by atoms with Gasteiger partial charge in [-0.25, -0.2) is 0 Å². The van der Waals surface area contributed by atoms with Crippen LogP contribution in [0.15, 0.2) is 0 Å². The van der Waals surface area contributed by atoms with Crippen LogP contribution in [0.3, 0.4) is 0 Å². The zero-order valence-electron chi connectivity index (χ0n) is 7.01. The topological polar surface area (TPSA) is 35.2 Å². The van der Waals surface area contributed by atoms with Gasteiger partial charge in [-0.1, -0.05) is 0 Å². The van der Waals surface area contributed by atoms with Crippen LogP contribution < -0.4 is 5.73 Å². The molecule has 1 aliphatic heterocycles. The Kier molecular flexibility index (Phi) is 1.90. The third kappa shape index (κ3) is 1.30. The van der Waals surface area contributed by atoms with E-state index in [1.165, 1.54) is 32.1 Å². The summed E-state index contributed by atoms with van der Waals surface area (Å²) in [6.07, 6.45) is 6.39. The van der Waals surface area contributed by atoms with Crippen LogP contribution in [-0.2, 0) is 4.74 Å². The number of hydrogen-bond acceptors (Lipinski definition) is 2. The van der Waals surface area contributed by atoms with Gasteiger partial charge in [-0.05, 0) is 44.6 Å². The lowest BCUT2D eigenvalue weighted by Gasteiger charge is -2.46. The Morgan fingerprint density at radius 3 is 2.27 bits per heavy atom. The second-order valence-corrected chi connectivity index (χ2v) is 3.96. The molecule has 1 aliphatic carbocycles. The highest BCUT2D eigenvalue weighted by Gasteiger charge is 2.40. The Balaban J connectivity index is 1.84. The van der Waals surface area contributed by atoms with Crippen molar-refractivity contribution in [2.75, 3.05) is 13.2 Å². The van der Waals surface area contributed by atoms with Crippen LogP contribution in [0.1, 0.15) is 32.1 Å². The van der Waals surface area contributed by atoms with E-state index in [0.29, 0.717) is 5.60 Å². The maximum atomic E-state index is 5.61. The van der Waals surface area contributed by atoms with Gasteiger partial charge >= 0.3 is 0 Å². The molecule has 0 aromatic heterocycles. The van der Waals surface area contributed by atoms with Gasteiger partial charge in [0, 0.05) is 0 Å². The number of nitrogens with two attached hydrogens (primary N) is 1. The molecular weight excluding hydrogens is 138 g/mol. The van der Waals surface area contributed by atoms with Gasteiger partial charge in [0.2, 0.25) is 0 Å². The summed E-state index contributed by atoms with van der Waals surface area (Å²) in [4.78, 5) is 0. The summed E-state index contributed by atoms with van der Waals surface area (Å²) in [5.74, 6) is 0.782. The molecule has 1 spiro atoms. The summed E-state index contributed by atoms with van der Waals surface area (Å²) in [5, 5.41) is 0. The summed E-state index contributed by atoms with van der Waals surface area (Å²) in [6, 6.07) is 0. The van der Waals surface area contributed by atoms with E-state index < -0.39 is 0 Å². The van der Waals surface area contributed by atoms with Crippen LogP contribution in [-0.4, -0.2) is 18.8 Å². The smallest absolute Gasteiger partial charge is 0.0704 e. The average Bonchev–Trinajstić information content (AvgIpc) is 2.02. The van der Waals surface area contributed by atoms with Crippen LogP contribution >= 0.6 is 0 Å². The third-order valence-corrected chi connectivity index (χ3v) is 3.32. The van der Waals surface area contributed by atoms with E-state index in [4.69, 9.17) is 10.5 Å². The number of hydrogen-bond donors (Lipinski definition) is 1. The van der Waals surface area contributed by atoms with Crippen molar-refractivity contribution >= 4 is 0 Å². The lowest BCUT2D eigenvalue weighted by Crippen LogP contribution is -2.47. The van der Waals surface area contributed by atoms with Crippen molar-refractivity contribution in [3.05, 3.63) is 0 Å². The highest BCUT2D eigenvalue weighted by molar-refractivity contribution is 4.92. The first-order chi connectivity index (χ1) is 5.35. The third-order valence-electron chi connectivity index (χ3n) is 3.32. The Morgan fingerprint density at radius 2 is 1.91 bits per heavy atom. The van der Waals surface area contributed by atoms with Crippen LogP contribution in [0.2, 0.25) is 0 Å². The molecule has 2 rings (SSSR count). The molecule has 2 heteroatoms. The molecule has 0 aromatic carbocycles. The van der Waals surface area contributed by atoms with E-state index in [0.717, 1.165) is 19.1 Å². The molecule has 2 nitrogen and oxygen atoms in total. The maximum Gasteiger partial charge on any atom is 0.0704 e. The Bertz CT molecular complexity index is 132. The largest absolute Gasteiger partial charge is 0.375 e. The van der Waals surface area contributed by atoms with E-state index in [9.17, 15) is 0 Å². The van der Waals surface area contributed by atoms with Crippen molar-refractivity contribution in [2.45, 2.75) is 37.7 Å². The zero-order valence-corrected chi connectivity index (χ0v) is 7.01. The molecule has 1 heterocycles. The molecule has 64 valence electrons. The lowest BCUT2D eigenvalue weighted by molar-refractivity contribution is -0.169. The standard InChI is InChI=1S/C9H17NO/c10-7-8-1-3-9(4-2-8)5-6-11-9/h8H,1-7,10H2. The predicted octanol–water partition coefficient (Wildman–Crippen LogP) is 1.29. The predicted molar refractivity (Wildman–Crippen MR) is 44.3 cm³/mol. The Hall–Kier alpha value is -0.0800. The summed E-state index contributed by atoms with van der Waals surface area (Å²) in [6.45, 7) is 1.86. The van der Waals surface area contributed by atoms with Gasteiger partial charge in [-0.15, -0.1) is 0 Å². The zero-order chi connectivity index (χ0) is 7.73. The highest BCUT2D eigenvalue weighted by Crippen LogP contribution is 2.41. The van der Waals surface area contributed by atoms with Gasteiger partial charge in [-0.2, -0.15) is 0 Å². The minimum absolute atomic E-state index is 0.325. The minimum Gasteiger partial charge on any atom is -0.375 e. The summed E-state index contributed by atoms with van der Waals surface area (Å²) < 4.78 is 5.61. The van der Waals surface area contributed by atoms with Gasteiger partial charge in [0.25, 0.3) is 0 Å². The van der Waals surface area contributed by atoms with E-state index in [-0.39, 0.29) is 0 Å². The van der Waals surface area contributed by atoms with Gasteiger partial charge in [0.15, 0.2) is 0 Å². The molecular formula is C9H17NO. The maximum absolute atomic E-state index is 5.61. The average molecular weight is 155 g/mol. The van der Waals surface area contributed by atoms with Crippen molar-refractivity contribution < 1.29 is 4.74 Å². The Labute approximate surface area is 68.1 Å². The first kappa shape index (κ1) is 7.56. The molecule has 0 unspecified atom stereocenters. The van der Waals surface area contributed by atoms with Crippen molar-refractivity contribution in [3.8, 4) is 0 Å². The summed E-state index contributed by atoms with van der Waals surface area (Å²) >= 11 is 0. The normalized spacial score (nSPS) is 43.9. The van der Waals surface area contributed by atoms with Crippen LogP contribution in [0, 0.1) is 5.92 Å². The van der Waals surface area contributed by atoms with Gasteiger partial charge in [-0.3, -0.25) is 0 Å². The molecule has 0 atom stereocenters. The molecule has 0 radical (unpaired) electrons. The van der Waals surface area contributed by atoms with E-state index in [1.807, 2.05) is 0 Å². The second kappa shape index (κ2) is 2.76. The first-order valence-corrected chi connectivity index (χ1v) is 4.69. The van der Waals surface area contributed by atoms with Crippen molar-refractivity contribution in [1.82, 2.24) is 0 Å². The molecule has 2 fully saturated rings. The molecule has 0 aromatic rings. The summed E-state index contributed by atoms with van der Waals surface area (Å²) in [7, 11) is 0. The molecule has 2 N–H and O–H groups in total. The molecule has 11 heavy (non-hydrogen) atoms. The molecule has 2 aliphatic rings. The number of rotatable bonds is 1.